The summed E-state index contributed by atoms with van der Waals surface area (Å²) in [5, 5.41) is 14.4. The van der Waals surface area contributed by atoms with Crippen LogP contribution in [0.4, 0.5) is 17.5 Å². The average Bonchev–Trinajstić information content (AvgIpc) is 2.43. The standard InChI is InChI=1S/C13H23N5O2S/c1-6-7-14-13-15-10(3)11(18(19)20)12(16-13)17(4)9(2)8-21-5/h9H,6-8H2,1-5H3,(H,14,15,16). The van der Waals surface area contributed by atoms with Gasteiger partial charge in [-0.3, -0.25) is 10.1 Å². The highest BCUT2D eigenvalue weighted by molar-refractivity contribution is 7.98. The zero-order chi connectivity index (χ0) is 16.0. The number of rotatable bonds is 8. The second-order valence-corrected chi connectivity index (χ2v) is 5.81. The highest BCUT2D eigenvalue weighted by Gasteiger charge is 2.26. The van der Waals surface area contributed by atoms with Crippen molar-refractivity contribution in [1.29, 1.82) is 0 Å². The lowest BCUT2D eigenvalue weighted by atomic mass is 10.3. The van der Waals surface area contributed by atoms with Gasteiger partial charge in [-0.1, -0.05) is 6.92 Å². The summed E-state index contributed by atoms with van der Waals surface area (Å²) in [5.41, 5.74) is 0.360. The molecule has 1 atom stereocenters. The van der Waals surface area contributed by atoms with E-state index in [0.29, 0.717) is 17.5 Å². The van der Waals surface area contributed by atoms with Crippen LogP contribution in [0.3, 0.4) is 0 Å². The van der Waals surface area contributed by atoms with Gasteiger partial charge in [0.25, 0.3) is 0 Å². The topological polar surface area (TPSA) is 84.2 Å². The van der Waals surface area contributed by atoms with E-state index in [0.717, 1.165) is 18.7 Å². The summed E-state index contributed by atoms with van der Waals surface area (Å²) in [6.07, 6.45) is 2.95. The predicted molar refractivity (Wildman–Crippen MR) is 88.5 cm³/mol. The van der Waals surface area contributed by atoms with Gasteiger partial charge in [-0.15, -0.1) is 0 Å². The van der Waals surface area contributed by atoms with Crippen molar-refractivity contribution in [2.75, 3.05) is 35.8 Å². The summed E-state index contributed by atoms with van der Waals surface area (Å²) >= 11 is 1.70. The van der Waals surface area contributed by atoms with Crippen LogP contribution in [0, 0.1) is 17.0 Å². The first-order valence-electron chi connectivity index (χ1n) is 6.91. The lowest BCUT2D eigenvalue weighted by molar-refractivity contribution is -0.385. The molecule has 7 nitrogen and oxygen atoms in total. The molecule has 1 heterocycles. The minimum Gasteiger partial charge on any atom is -0.354 e. The number of nitrogens with one attached hydrogen (secondary N) is 1. The van der Waals surface area contributed by atoms with Crippen LogP contribution in [0.1, 0.15) is 26.0 Å². The first-order chi connectivity index (χ1) is 9.92. The van der Waals surface area contributed by atoms with Gasteiger partial charge in [0.15, 0.2) is 0 Å². The Morgan fingerprint density at radius 2 is 2.14 bits per heavy atom. The monoisotopic (exact) mass is 313 g/mol. The summed E-state index contributed by atoms with van der Waals surface area (Å²) < 4.78 is 0. The molecule has 0 aromatic carbocycles. The molecular formula is C13H23N5O2S. The van der Waals surface area contributed by atoms with Crippen molar-refractivity contribution in [3.8, 4) is 0 Å². The van der Waals surface area contributed by atoms with Gasteiger partial charge in [0.1, 0.15) is 5.69 Å². The molecule has 0 saturated heterocycles. The van der Waals surface area contributed by atoms with E-state index in [9.17, 15) is 10.1 Å². The van der Waals surface area contributed by atoms with Gasteiger partial charge in [0.2, 0.25) is 11.8 Å². The van der Waals surface area contributed by atoms with Gasteiger partial charge in [0, 0.05) is 25.4 Å². The Labute approximate surface area is 129 Å². The van der Waals surface area contributed by atoms with Gasteiger partial charge in [-0.05, 0) is 26.5 Å². The van der Waals surface area contributed by atoms with Crippen molar-refractivity contribution in [2.24, 2.45) is 0 Å². The van der Waals surface area contributed by atoms with Crippen molar-refractivity contribution in [2.45, 2.75) is 33.2 Å². The molecule has 118 valence electrons. The number of aromatic nitrogens is 2. The number of thioether (sulfide) groups is 1. The number of anilines is 2. The van der Waals surface area contributed by atoms with E-state index in [1.165, 1.54) is 0 Å². The largest absolute Gasteiger partial charge is 0.354 e. The molecule has 0 spiro atoms. The van der Waals surface area contributed by atoms with Crippen LogP contribution < -0.4 is 10.2 Å². The lowest BCUT2D eigenvalue weighted by Crippen LogP contribution is -2.32. The molecule has 1 N–H and O–H groups in total. The molecule has 1 aromatic heterocycles. The smallest absolute Gasteiger partial charge is 0.332 e. The van der Waals surface area contributed by atoms with Gasteiger partial charge in [-0.2, -0.15) is 16.7 Å². The van der Waals surface area contributed by atoms with Crippen LogP contribution in [-0.4, -0.2) is 46.5 Å². The van der Waals surface area contributed by atoms with Gasteiger partial charge >= 0.3 is 5.69 Å². The number of aryl methyl sites for hydroxylation is 1. The second kappa shape index (κ2) is 8.02. The highest BCUT2D eigenvalue weighted by Crippen LogP contribution is 2.30. The SMILES string of the molecule is CCCNc1nc(C)c([N+](=O)[O-])c(N(C)C(C)CSC)n1. The van der Waals surface area contributed by atoms with E-state index >= 15 is 0 Å². The van der Waals surface area contributed by atoms with Crippen molar-refractivity contribution in [1.82, 2.24) is 9.97 Å². The van der Waals surface area contributed by atoms with Gasteiger partial charge < -0.3 is 10.2 Å². The van der Waals surface area contributed by atoms with Crippen molar-refractivity contribution < 1.29 is 4.92 Å². The highest BCUT2D eigenvalue weighted by atomic mass is 32.2. The fourth-order valence-electron chi connectivity index (χ4n) is 1.89. The maximum Gasteiger partial charge on any atom is 0.332 e. The van der Waals surface area contributed by atoms with Crippen molar-refractivity contribution >= 4 is 29.2 Å². The first kappa shape index (κ1) is 17.5. The summed E-state index contributed by atoms with van der Waals surface area (Å²) in [5.74, 6) is 1.68. The molecule has 1 rings (SSSR count). The molecular weight excluding hydrogens is 290 g/mol. The summed E-state index contributed by atoms with van der Waals surface area (Å²) in [6.45, 7) is 6.45. The predicted octanol–water partition coefficient (Wildman–Crippen LogP) is 2.70. The van der Waals surface area contributed by atoms with E-state index in [4.69, 9.17) is 0 Å². The third kappa shape index (κ3) is 4.45. The van der Waals surface area contributed by atoms with Crippen LogP contribution in [0.5, 0.6) is 0 Å². The normalized spacial score (nSPS) is 12.0. The van der Waals surface area contributed by atoms with E-state index in [2.05, 4.69) is 15.3 Å². The molecule has 0 aliphatic carbocycles. The summed E-state index contributed by atoms with van der Waals surface area (Å²) in [4.78, 5) is 21.3. The first-order valence-corrected chi connectivity index (χ1v) is 8.30. The van der Waals surface area contributed by atoms with Crippen molar-refractivity contribution in [3.63, 3.8) is 0 Å². The van der Waals surface area contributed by atoms with Crippen LogP contribution in [0.25, 0.3) is 0 Å². The Bertz CT molecular complexity index is 498. The minimum absolute atomic E-state index is 0.0208. The maximum atomic E-state index is 11.3. The van der Waals surface area contributed by atoms with Crippen LogP contribution in [-0.2, 0) is 0 Å². The zero-order valence-corrected chi connectivity index (χ0v) is 14.0. The van der Waals surface area contributed by atoms with Gasteiger partial charge in [-0.25, -0.2) is 4.98 Å². The van der Waals surface area contributed by atoms with Gasteiger partial charge in [0.05, 0.1) is 4.92 Å². The molecule has 0 saturated carbocycles. The Morgan fingerprint density at radius 1 is 1.48 bits per heavy atom. The Morgan fingerprint density at radius 3 is 2.67 bits per heavy atom. The van der Waals surface area contributed by atoms with E-state index < -0.39 is 4.92 Å². The molecule has 0 bridgehead atoms. The Balaban J connectivity index is 3.23. The molecule has 0 aliphatic heterocycles. The molecule has 8 heteroatoms. The average molecular weight is 313 g/mol. The van der Waals surface area contributed by atoms with E-state index in [-0.39, 0.29) is 11.7 Å². The lowest BCUT2D eigenvalue weighted by Gasteiger charge is -2.25. The van der Waals surface area contributed by atoms with Crippen molar-refractivity contribution in [3.05, 3.63) is 15.8 Å². The summed E-state index contributed by atoms with van der Waals surface area (Å²) in [6, 6.07) is 0.145. The molecule has 1 unspecified atom stereocenters. The second-order valence-electron chi connectivity index (χ2n) is 4.90. The molecule has 1 aromatic rings. The number of nitro groups is 1. The van der Waals surface area contributed by atoms with Crippen LogP contribution in [0.2, 0.25) is 0 Å². The minimum atomic E-state index is -0.406. The maximum absolute atomic E-state index is 11.3. The van der Waals surface area contributed by atoms with E-state index in [1.54, 1.807) is 18.7 Å². The third-order valence-electron chi connectivity index (χ3n) is 3.16. The molecule has 0 radical (unpaired) electrons. The fourth-order valence-corrected chi connectivity index (χ4v) is 2.60. The number of hydrogen-bond acceptors (Lipinski definition) is 7. The summed E-state index contributed by atoms with van der Waals surface area (Å²) in [7, 11) is 1.83. The third-order valence-corrected chi connectivity index (χ3v) is 3.97. The Hall–Kier alpha value is -1.57. The molecule has 0 fully saturated rings. The zero-order valence-electron chi connectivity index (χ0n) is 13.2. The molecule has 0 aliphatic rings. The Kier molecular flexibility index (Phi) is 6.67. The fraction of sp³-hybridized carbons (Fsp3) is 0.692. The quantitative estimate of drug-likeness (QED) is 0.583. The van der Waals surface area contributed by atoms with E-state index in [1.807, 2.05) is 32.1 Å². The van der Waals surface area contributed by atoms with Crippen LogP contribution >= 0.6 is 11.8 Å². The van der Waals surface area contributed by atoms with Crippen LogP contribution in [0.15, 0.2) is 0 Å². The molecule has 0 amide bonds. The number of nitrogens with zero attached hydrogens (tertiary/aromatic N) is 4. The number of hydrogen-bond donors (Lipinski definition) is 1. The molecule has 21 heavy (non-hydrogen) atoms.